The van der Waals surface area contributed by atoms with Crippen molar-refractivity contribution in [1.29, 1.82) is 0 Å². The molecule has 0 saturated carbocycles. The monoisotopic (exact) mass is 252 g/mol. The van der Waals surface area contributed by atoms with Crippen molar-refractivity contribution in [2.45, 2.75) is 52.6 Å². The van der Waals surface area contributed by atoms with Crippen LogP contribution in [0.5, 0.6) is 0 Å². The molecule has 1 aromatic rings. The Morgan fingerprint density at radius 2 is 1.61 bits per heavy atom. The van der Waals surface area contributed by atoms with E-state index in [1.807, 2.05) is 38.1 Å². The first kappa shape index (κ1) is 16.6. The van der Waals surface area contributed by atoms with Crippen molar-refractivity contribution in [2.75, 3.05) is 0 Å². The second-order valence-electron chi connectivity index (χ2n) is 5.01. The number of carbonyl (C=O) groups is 1. The van der Waals surface area contributed by atoms with Gasteiger partial charge in [-0.05, 0) is 16.5 Å². The van der Waals surface area contributed by atoms with Crippen molar-refractivity contribution in [3.8, 4) is 0 Å². The molecule has 1 atom stereocenters. The van der Waals surface area contributed by atoms with E-state index in [9.17, 15) is 9.90 Å². The molecule has 0 aromatic heterocycles. The van der Waals surface area contributed by atoms with E-state index in [2.05, 4.69) is 20.8 Å². The van der Waals surface area contributed by atoms with Gasteiger partial charge in [-0.1, -0.05) is 58.9 Å². The van der Waals surface area contributed by atoms with Gasteiger partial charge < -0.3 is 10.2 Å². The number of aliphatic carboxylic acids is 1. The van der Waals surface area contributed by atoms with Gasteiger partial charge in [-0.3, -0.25) is 0 Å². The third-order valence-electron chi connectivity index (χ3n) is 2.53. The largest absolute Gasteiger partial charge is 0.479 e. The quantitative estimate of drug-likeness (QED) is 0.869. The van der Waals surface area contributed by atoms with E-state index >= 15 is 0 Å². The predicted molar refractivity (Wildman–Crippen MR) is 73.8 cm³/mol. The predicted octanol–water partition coefficient (Wildman–Crippen LogP) is 3.00. The minimum Gasteiger partial charge on any atom is -0.479 e. The molecule has 0 fully saturated rings. The number of carboxylic acid groups (broad SMARTS) is 1. The van der Waals surface area contributed by atoms with Crippen molar-refractivity contribution in [3.05, 3.63) is 35.4 Å². The first-order valence-electron chi connectivity index (χ1n) is 6.31. The van der Waals surface area contributed by atoms with Crippen molar-refractivity contribution < 1.29 is 15.0 Å². The highest BCUT2D eigenvalue weighted by Gasteiger charge is 2.15. The highest BCUT2D eigenvalue weighted by molar-refractivity contribution is 5.72. The van der Waals surface area contributed by atoms with Crippen LogP contribution in [0.1, 0.15) is 45.7 Å². The summed E-state index contributed by atoms with van der Waals surface area (Å²) in [4.78, 5) is 10.5. The number of hydrogen-bond donors (Lipinski definition) is 2. The molecule has 0 amide bonds. The van der Waals surface area contributed by atoms with Crippen LogP contribution in [-0.4, -0.2) is 22.3 Å². The van der Waals surface area contributed by atoms with Crippen LogP contribution in [0.25, 0.3) is 0 Å². The van der Waals surface area contributed by atoms with E-state index in [0.717, 1.165) is 5.56 Å². The average Bonchev–Trinajstić information content (AvgIpc) is 2.31. The molecular formula is C15H24O3. The number of rotatable bonds is 3. The van der Waals surface area contributed by atoms with Crippen LogP contribution < -0.4 is 0 Å². The second-order valence-corrected chi connectivity index (χ2v) is 5.01. The lowest BCUT2D eigenvalue weighted by Gasteiger charge is -2.19. The number of carboxylic acids is 1. The molecule has 18 heavy (non-hydrogen) atoms. The first-order chi connectivity index (χ1) is 8.30. The van der Waals surface area contributed by atoms with Crippen molar-refractivity contribution in [1.82, 2.24) is 0 Å². The number of hydrogen-bond acceptors (Lipinski definition) is 2. The Balaban J connectivity index is 0.00000137. The second kappa shape index (κ2) is 7.17. The van der Waals surface area contributed by atoms with Gasteiger partial charge in [-0.2, -0.15) is 0 Å². The zero-order valence-corrected chi connectivity index (χ0v) is 11.9. The minimum atomic E-state index is -1.32. The van der Waals surface area contributed by atoms with E-state index in [1.165, 1.54) is 5.56 Å². The fourth-order valence-corrected chi connectivity index (χ4v) is 1.45. The van der Waals surface area contributed by atoms with Gasteiger partial charge in [-0.25, -0.2) is 4.79 Å². The summed E-state index contributed by atoms with van der Waals surface area (Å²) in [5, 5.41) is 17.8. The summed E-state index contributed by atoms with van der Waals surface area (Å²) >= 11 is 0. The Hall–Kier alpha value is -1.35. The average molecular weight is 252 g/mol. The Kier molecular flexibility index (Phi) is 6.63. The number of aliphatic hydroxyl groups is 1. The zero-order chi connectivity index (χ0) is 14.3. The van der Waals surface area contributed by atoms with Gasteiger partial charge in [0.25, 0.3) is 0 Å². The van der Waals surface area contributed by atoms with Gasteiger partial charge in [0, 0.05) is 6.42 Å². The third kappa shape index (κ3) is 5.32. The smallest absolute Gasteiger partial charge is 0.332 e. The topological polar surface area (TPSA) is 57.5 Å². The SMILES string of the molecule is CC.CC(C)(C)c1ccc(CC(O)C(=O)O)cc1. The maximum atomic E-state index is 10.5. The maximum absolute atomic E-state index is 10.5. The van der Waals surface area contributed by atoms with Crippen LogP contribution in [0.4, 0.5) is 0 Å². The Morgan fingerprint density at radius 3 is 1.94 bits per heavy atom. The highest BCUT2D eigenvalue weighted by Crippen LogP contribution is 2.22. The number of aliphatic hydroxyl groups excluding tert-OH is 1. The summed E-state index contributed by atoms with van der Waals surface area (Å²) in [6.07, 6.45) is -1.17. The molecule has 3 nitrogen and oxygen atoms in total. The van der Waals surface area contributed by atoms with Crippen LogP contribution in [0.3, 0.4) is 0 Å². The van der Waals surface area contributed by atoms with Gasteiger partial charge in [0.05, 0.1) is 0 Å². The Labute approximate surface area is 109 Å². The van der Waals surface area contributed by atoms with E-state index in [4.69, 9.17) is 5.11 Å². The highest BCUT2D eigenvalue weighted by atomic mass is 16.4. The molecule has 1 rings (SSSR count). The molecule has 0 bridgehead atoms. The molecule has 0 aliphatic carbocycles. The lowest BCUT2D eigenvalue weighted by atomic mass is 9.86. The normalized spacial score (nSPS) is 12.3. The fraction of sp³-hybridized carbons (Fsp3) is 0.533. The summed E-state index contributed by atoms with van der Waals surface area (Å²) in [5.74, 6) is -1.18. The summed E-state index contributed by atoms with van der Waals surface area (Å²) in [6.45, 7) is 10.4. The van der Waals surface area contributed by atoms with Crippen molar-refractivity contribution >= 4 is 5.97 Å². The van der Waals surface area contributed by atoms with Gasteiger partial charge in [0.2, 0.25) is 0 Å². The molecule has 3 heteroatoms. The summed E-state index contributed by atoms with van der Waals surface area (Å²) < 4.78 is 0. The van der Waals surface area contributed by atoms with Crippen LogP contribution in [-0.2, 0) is 16.6 Å². The molecule has 1 aromatic carbocycles. The van der Waals surface area contributed by atoms with Crippen LogP contribution >= 0.6 is 0 Å². The summed E-state index contributed by atoms with van der Waals surface area (Å²) in [7, 11) is 0. The van der Waals surface area contributed by atoms with E-state index < -0.39 is 12.1 Å². The lowest BCUT2D eigenvalue weighted by Crippen LogP contribution is -2.22. The third-order valence-corrected chi connectivity index (χ3v) is 2.53. The van der Waals surface area contributed by atoms with Gasteiger partial charge in [0.1, 0.15) is 0 Å². The van der Waals surface area contributed by atoms with Gasteiger partial charge >= 0.3 is 5.97 Å². The standard InChI is InChI=1S/C13H18O3.C2H6/c1-13(2,3)10-6-4-9(5-7-10)8-11(14)12(15)16;1-2/h4-7,11,14H,8H2,1-3H3,(H,15,16);1-2H3. The van der Waals surface area contributed by atoms with Gasteiger partial charge in [0.15, 0.2) is 6.10 Å². The van der Waals surface area contributed by atoms with Gasteiger partial charge in [-0.15, -0.1) is 0 Å². The van der Waals surface area contributed by atoms with E-state index in [0.29, 0.717) is 0 Å². The minimum absolute atomic E-state index is 0.0872. The molecule has 0 aliphatic heterocycles. The molecular weight excluding hydrogens is 228 g/mol. The van der Waals surface area contributed by atoms with Crippen LogP contribution in [0, 0.1) is 0 Å². The first-order valence-corrected chi connectivity index (χ1v) is 6.31. The molecule has 0 saturated heterocycles. The lowest BCUT2D eigenvalue weighted by molar-refractivity contribution is -0.146. The maximum Gasteiger partial charge on any atom is 0.332 e. The number of benzene rings is 1. The molecule has 0 heterocycles. The van der Waals surface area contributed by atoms with E-state index in [1.54, 1.807) is 0 Å². The molecule has 0 aliphatic rings. The summed E-state index contributed by atoms with van der Waals surface area (Å²) in [6, 6.07) is 7.69. The zero-order valence-electron chi connectivity index (χ0n) is 11.9. The molecule has 102 valence electrons. The molecule has 2 N–H and O–H groups in total. The Morgan fingerprint density at radius 1 is 1.17 bits per heavy atom. The molecule has 0 radical (unpaired) electrons. The molecule has 1 unspecified atom stereocenters. The van der Waals surface area contributed by atoms with Crippen LogP contribution in [0.2, 0.25) is 0 Å². The van der Waals surface area contributed by atoms with E-state index in [-0.39, 0.29) is 11.8 Å². The fourth-order valence-electron chi connectivity index (χ4n) is 1.45. The Bertz CT molecular complexity index is 360. The van der Waals surface area contributed by atoms with Crippen molar-refractivity contribution in [3.63, 3.8) is 0 Å². The van der Waals surface area contributed by atoms with Crippen molar-refractivity contribution in [2.24, 2.45) is 0 Å². The molecule has 0 spiro atoms. The van der Waals surface area contributed by atoms with Crippen LogP contribution in [0.15, 0.2) is 24.3 Å². The summed E-state index contributed by atoms with van der Waals surface area (Å²) in [5.41, 5.74) is 2.12.